The number of methoxy groups -OCH3 is 1. The highest BCUT2D eigenvalue weighted by Crippen LogP contribution is 2.20. The number of hydrogen-bond acceptors (Lipinski definition) is 3. The smallest absolute Gasteiger partial charge is 0.150 e. The van der Waals surface area contributed by atoms with Crippen LogP contribution in [0.5, 0.6) is 5.75 Å². The van der Waals surface area contributed by atoms with E-state index in [2.05, 4.69) is 18.9 Å². The third-order valence-electron chi connectivity index (χ3n) is 2.77. The van der Waals surface area contributed by atoms with E-state index < -0.39 is 0 Å². The first-order valence-electron chi connectivity index (χ1n) is 6.02. The minimum Gasteiger partial charge on any atom is -0.496 e. The second-order valence-corrected chi connectivity index (χ2v) is 4.28. The summed E-state index contributed by atoms with van der Waals surface area (Å²) in [6, 6.07) is 5.53. The molecular formula is C14H21NO2. The molecule has 0 N–H and O–H groups in total. The molecule has 0 aliphatic carbocycles. The van der Waals surface area contributed by atoms with Crippen LogP contribution in [-0.2, 0) is 6.54 Å². The van der Waals surface area contributed by atoms with Crippen LogP contribution >= 0.6 is 0 Å². The molecule has 0 spiro atoms. The number of unbranched alkanes of at least 4 members (excludes halogenated alkanes) is 1. The van der Waals surface area contributed by atoms with E-state index in [1.807, 2.05) is 12.1 Å². The predicted octanol–water partition coefficient (Wildman–Crippen LogP) is 2.74. The Kier molecular flexibility index (Phi) is 5.70. The fourth-order valence-electron chi connectivity index (χ4n) is 1.79. The molecule has 3 heteroatoms. The molecule has 3 nitrogen and oxygen atoms in total. The van der Waals surface area contributed by atoms with Crippen molar-refractivity contribution < 1.29 is 9.53 Å². The Balaban J connectivity index is 2.76. The fraction of sp³-hybridized carbons (Fsp3) is 0.500. The number of hydrogen-bond donors (Lipinski definition) is 0. The van der Waals surface area contributed by atoms with Gasteiger partial charge in [0.1, 0.15) is 12.0 Å². The normalized spacial score (nSPS) is 10.6. The average molecular weight is 235 g/mol. The fourth-order valence-corrected chi connectivity index (χ4v) is 1.79. The SMILES string of the molecule is CCCCN(C)Cc1cc(C=O)ccc1OC. The van der Waals surface area contributed by atoms with Crippen LogP contribution in [0.25, 0.3) is 0 Å². The minimum atomic E-state index is 0.699. The summed E-state index contributed by atoms with van der Waals surface area (Å²) in [7, 11) is 3.74. The van der Waals surface area contributed by atoms with Crippen LogP contribution in [0, 0.1) is 0 Å². The van der Waals surface area contributed by atoms with Crippen LogP contribution in [0.1, 0.15) is 35.7 Å². The van der Waals surface area contributed by atoms with Gasteiger partial charge in [0.25, 0.3) is 0 Å². The van der Waals surface area contributed by atoms with Crippen LogP contribution in [0.3, 0.4) is 0 Å². The number of benzene rings is 1. The summed E-state index contributed by atoms with van der Waals surface area (Å²) in [5.74, 6) is 0.846. The first-order chi connectivity index (χ1) is 8.21. The van der Waals surface area contributed by atoms with E-state index in [4.69, 9.17) is 4.74 Å². The molecular weight excluding hydrogens is 214 g/mol. The lowest BCUT2D eigenvalue weighted by atomic mass is 10.1. The van der Waals surface area contributed by atoms with E-state index in [0.29, 0.717) is 5.56 Å². The van der Waals surface area contributed by atoms with Crippen molar-refractivity contribution in [2.24, 2.45) is 0 Å². The van der Waals surface area contributed by atoms with Crippen LogP contribution in [0.2, 0.25) is 0 Å². The van der Waals surface area contributed by atoms with Crippen molar-refractivity contribution in [1.82, 2.24) is 4.90 Å². The van der Waals surface area contributed by atoms with Crippen molar-refractivity contribution >= 4 is 6.29 Å². The summed E-state index contributed by atoms with van der Waals surface area (Å²) in [5.41, 5.74) is 1.76. The molecule has 0 heterocycles. The Bertz CT molecular complexity index is 363. The quantitative estimate of drug-likeness (QED) is 0.681. The van der Waals surface area contributed by atoms with Gasteiger partial charge in [-0.05, 0) is 38.2 Å². The van der Waals surface area contributed by atoms with Gasteiger partial charge in [-0.1, -0.05) is 13.3 Å². The zero-order valence-electron chi connectivity index (χ0n) is 10.9. The van der Waals surface area contributed by atoms with Crippen molar-refractivity contribution in [3.8, 4) is 5.75 Å². The van der Waals surface area contributed by atoms with Gasteiger partial charge in [0, 0.05) is 17.7 Å². The molecule has 0 atom stereocenters. The number of carbonyl (C=O) groups is 1. The third kappa shape index (κ3) is 4.19. The third-order valence-corrected chi connectivity index (χ3v) is 2.77. The number of rotatable bonds is 7. The second-order valence-electron chi connectivity index (χ2n) is 4.28. The van der Waals surface area contributed by atoms with Crippen molar-refractivity contribution in [2.45, 2.75) is 26.3 Å². The Morgan fingerprint density at radius 3 is 2.76 bits per heavy atom. The van der Waals surface area contributed by atoms with Crippen molar-refractivity contribution in [2.75, 3.05) is 20.7 Å². The largest absolute Gasteiger partial charge is 0.496 e. The molecule has 1 aromatic rings. The van der Waals surface area contributed by atoms with Crippen LogP contribution < -0.4 is 4.74 Å². The van der Waals surface area contributed by atoms with Crippen molar-refractivity contribution in [1.29, 1.82) is 0 Å². The molecule has 0 aliphatic heterocycles. The van der Waals surface area contributed by atoms with E-state index in [1.54, 1.807) is 13.2 Å². The molecule has 0 aromatic heterocycles. The molecule has 0 saturated carbocycles. The van der Waals surface area contributed by atoms with Crippen LogP contribution in [0.15, 0.2) is 18.2 Å². The van der Waals surface area contributed by atoms with Crippen molar-refractivity contribution in [3.63, 3.8) is 0 Å². The monoisotopic (exact) mass is 235 g/mol. The topological polar surface area (TPSA) is 29.5 Å². The van der Waals surface area contributed by atoms with Gasteiger partial charge < -0.3 is 9.64 Å². The molecule has 0 saturated heterocycles. The molecule has 0 radical (unpaired) electrons. The van der Waals surface area contributed by atoms with E-state index in [1.165, 1.54) is 12.8 Å². The summed E-state index contributed by atoms with van der Waals surface area (Å²) in [4.78, 5) is 13.0. The molecule has 1 rings (SSSR count). The zero-order chi connectivity index (χ0) is 12.7. The molecule has 17 heavy (non-hydrogen) atoms. The highest BCUT2D eigenvalue weighted by atomic mass is 16.5. The van der Waals surface area contributed by atoms with Crippen LogP contribution in [0.4, 0.5) is 0 Å². The second kappa shape index (κ2) is 7.07. The van der Waals surface area contributed by atoms with Gasteiger partial charge >= 0.3 is 0 Å². The zero-order valence-corrected chi connectivity index (χ0v) is 10.9. The lowest BCUT2D eigenvalue weighted by molar-refractivity contribution is 0.112. The summed E-state index contributed by atoms with van der Waals surface area (Å²) < 4.78 is 5.31. The molecule has 0 fully saturated rings. The number of nitrogens with zero attached hydrogens (tertiary/aromatic N) is 1. The predicted molar refractivity (Wildman–Crippen MR) is 69.6 cm³/mol. The number of aldehydes is 1. The van der Waals surface area contributed by atoms with E-state index in [9.17, 15) is 4.79 Å². The summed E-state index contributed by atoms with van der Waals surface area (Å²) in [5, 5.41) is 0. The molecule has 0 amide bonds. The maximum Gasteiger partial charge on any atom is 0.150 e. The Labute approximate surface area is 103 Å². The molecule has 1 aromatic carbocycles. The van der Waals surface area contributed by atoms with Crippen LogP contribution in [-0.4, -0.2) is 31.9 Å². The highest BCUT2D eigenvalue weighted by molar-refractivity contribution is 5.75. The maximum atomic E-state index is 10.8. The average Bonchev–Trinajstić information content (AvgIpc) is 2.36. The standard InChI is InChI=1S/C14H21NO2/c1-4-5-8-15(2)10-13-9-12(11-16)6-7-14(13)17-3/h6-7,9,11H,4-5,8,10H2,1-3H3. The van der Waals surface area contributed by atoms with Gasteiger partial charge in [-0.25, -0.2) is 0 Å². The highest BCUT2D eigenvalue weighted by Gasteiger charge is 2.07. The summed E-state index contributed by atoms with van der Waals surface area (Å²) in [6.07, 6.45) is 3.25. The first-order valence-corrected chi connectivity index (χ1v) is 6.02. The minimum absolute atomic E-state index is 0.699. The Morgan fingerprint density at radius 2 is 2.18 bits per heavy atom. The van der Waals surface area contributed by atoms with Gasteiger partial charge in [0.15, 0.2) is 0 Å². The van der Waals surface area contributed by atoms with Gasteiger partial charge in [-0.3, -0.25) is 4.79 Å². The van der Waals surface area contributed by atoms with Gasteiger partial charge in [-0.15, -0.1) is 0 Å². The van der Waals surface area contributed by atoms with Gasteiger partial charge in [0.05, 0.1) is 7.11 Å². The number of ether oxygens (including phenoxy) is 1. The molecule has 94 valence electrons. The van der Waals surface area contributed by atoms with Gasteiger partial charge in [-0.2, -0.15) is 0 Å². The lowest BCUT2D eigenvalue weighted by Crippen LogP contribution is -2.19. The van der Waals surface area contributed by atoms with Crippen molar-refractivity contribution in [3.05, 3.63) is 29.3 Å². The Hall–Kier alpha value is -1.35. The maximum absolute atomic E-state index is 10.8. The lowest BCUT2D eigenvalue weighted by Gasteiger charge is -2.18. The molecule has 0 unspecified atom stereocenters. The van der Waals surface area contributed by atoms with E-state index in [0.717, 1.165) is 30.7 Å². The van der Waals surface area contributed by atoms with E-state index >= 15 is 0 Å². The number of carbonyl (C=O) groups excluding carboxylic acids is 1. The summed E-state index contributed by atoms with van der Waals surface area (Å²) in [6.45, 7) is 4.05. The first kappa shape index (κ1) is 13.7. The van der Waals surface area contributed by atoms with Gasteiger partial charge in [0.2, 0.25) is 0 Å². The summed E-state index contributed by atoms with van der Waals surface area (Å²) >= 11 is 0. The Morgan fingerprint density at radius 1 is 1.41 bits per heavy atom. The molecule has 0 aliphatic rings. The molecule has 0 bridgehead atoms. The van der Waals surface area contributed by atoms with E-state index in [-0.39, 0.29) is 0 Å².